The molecule has 0 aromatic heterocycles. The summed E-state index contributed by atoms with van der Waals surface area (Å²) in [4.78, 5) is 11.7. The van der Waals surface area contributed by atoms with Crippen LogP contribution < -0.4 is 10.6 Å². The van der Waals surface area contributed by atoms with Crippen LogP contribution in [0.5, 0.6) is 0 Å². The second kappa shape index (κ2) is 7.74. The topological polar surface area (TPSA) is 41.1 Å². The second-order valence-corrected chi connectivity index (χ2v) is 5.93. The van der Waals surface area contributed by atoms with Gasteiger partial charge in [0.2, 0.25) is 5.91 Å². The van der Waals surface area contributed by atoms with Gasteiger partial charge >= 0.3 is 0 Å². The van der Waals surface area contributed by atoms with Gasteiger partial charge in [-0.15, -0.1) is 6.58 Å². The number of hydrogen-bond donors (Lipinski definition) is 2. The molecular weight excluding hydrogens is 220 g/mol. The van der Waals surface area contributed by atoms with Crippen LogP contribution >= 0.6 is 11.8 Å². The van der Waals surface area contributed by atoms with Crippen LogP contribution in [-0.4, -0.2) is 35.5 Å². The van der Waals surface area contributed by atoms with Gasteiger partial charge in [0.1, 0.15) is 0 Å². The van der Waals surface area contributed by atoms with Gasteiger partial charge in [-0.1, -0.05) is 6.08 Å². The number of amides is 1. The maximum absolute atomic E-state index is 11.7. The zero-order chi connectivity index (χ0) is 12.6. The van der Waals surface area contributed by atoms with Crippen molar-refractivity contribution in [2.45, 2.75) is 39.3 Å². The van der Waals surface area contributed by atoms with E-state index < -0.39 is 0 Å². The van der Waals surface area contributed by atoms with Crippen LogP contribution in [0, 0.1) is 0 Å². The Bertz CT molecular complexity index is 224. The molecule has 0 fully saturated rings. The Morgan fingerprint density at radius 2 is 2.12 bits per heavy atom. The van der Waals surface area contributed by atoms with E-state index in [0.29, 0.717) is 0 Å². The Hall–Kier alpha value is -0.480. The lowest BCUT2D eigenvalue weighted by Gasteiger charge is -2.23. The third kappa shape index (κ3) is 8.80. The van der Waals surface area contributed by atoms with E-state index in [1.165, 1.54) is 0 Å². The highest BCUT2D eigenvalue weighted by Crippen LogP contribution is 2.00. The van der Waals surface area contributed by atoms with Crippen molar-refractivity contribution < 1.29 is 4.79 Å². The summed E-state index contributed by atoms with van der Waals surface area (Å²) in [5.74, 6) is 2.02. The van der Waals surface area contributed by atoms with Crippen molar-refractivity contribution >= 4 is 17.7 Å². The molecule has 3 nitrogen and oxygen atoms in total. The summed E-state index contributed by atoms with van der Waals surface area (Å²) in [6.45, 7) is 12.3. The van der Waals surface area contributed by atoms with E-state index >= 15 is 0 Å². The molecule has 1 unspecified atom stereocenters. The number of carbonyl (C=O) groups excluding carboxylic acids is 1. The van der Waals surface area contributed by atoms with Gasteiger partial charge in [0.05, 0.1) is 6.04 Å². The molecule has 0 spiro atoms. The van der Waals surface area contributed by atoms with Gasteiger partial charge in [-0.25, -0.2) is 0 Å². The normalized spacial score (nSPS) is 13.2. The molecule has 1 atom stereocenters. The van der Waals surface area contributed by atoms with E-state index in [1.807, 2.05) is 45.5 Å². The van der Waals surface area contributed by atoms with Crippen LogP contribution in [0.25, 0.3) is 0 Å². The van der Waals surface area contributed by atoms with Gasteiger partial charge in [-0.05, 0) is 27.7 Å². The number of nitrogens with one attached hydrogen (secondary N) is 2. The largest absolute Gasteiger partial charge is 0.350 e. The summed E-state index contributed by atoms with van der Waals surface area (Å²) < 4.78 is 0. The first-order valence-corrected chi connectivity index (χ1v) is 6.76. The van der Waals surface area contributed by atoms with Crippen molar-refractivity contribution in [2.24, 2.45) is 0 Å². The van der Waals surface area contributed by atoms with Gasteiger partial charge in [-0.3, -0.25) is 4.79 Å². The number of rotatable bonds is 7. The maximum atomic E-state index is 11.7. The average Bonchev–Trinajstić information content (AvgIpc) is 2.14. The second-order valence-electron chi connectivity index (χ2n) is 4.78. The molecule has 0 aliphatic heterocycles. The quantitative estimate of drug-likeness (QED) is 0.530. The summed E-state index contributed by atoms with van der Waals surface area (Å²) in [6.07, 6.45) is 1.89. The van der Waals surface area contributed by atoms with Crippen LogP contribution in [0.4, 0.5) is 0 Å². The molecule has 0 bridgehead atoms. The molecule has 0 saturated carbocycles. The van der Waals surface area contributed by atoms with Gasteiger partial charge in [0, 0.05) is 23.6 Å². The van der Waals surface area contributed by atoms with Gasteiger partial charge in [-0.2, -0.15) is 11.8 Å². The van der Waals surface area contributed by atoms with Crippen molar-refractivity contribution in [3.63, 3.8) is 0 Å². The predicted molar refractivity (Wildman–Crippen MR) is 72.9 cm³/mol. The lowest BCUT2D eigenvalue weighted by Crippen LogP contribution is -2.49. The van der Waals surface area contributed by atoms with Gasteiger partial charge < -0.3 is 10.6 Å². The first kappa shape index (κ1) is 15.5. The molecule has 4 heteroatoms. The number of carbonyl (C=O) groups is 1. The summed E-state index contributed by atoms with van der Waals surface area (Å²) in [7, 11) is 0. The third-order valence-corrected chi connectivity index (χ3v) is 2.79. The van der Waals surface area contributed by atoms with E-state index in [9.17, 15) is 4.79 Å². The monoisotopic (exact) mass is 244 g/mol. The third-order valence-electron chi connectivity index (χ3n) is 1.82. The first-order valence-electron chi connectivity index (χ1n) is 5.61. The Morgan fingerprint density at radius 1 is 1.50 bits per heavy atom. The van der Waals surface area contributed by atoms with Crippen LogP contribution in [-0.2, 0) is 4.79 Å². The van der Waals surface area contributed by atoms with E-state index in [4.69, 9.17) is 0 Å². The van der Waals surface area contributed by atoms with Crippen LogP contribution in [0.3, 0.4) is 0 Å². The minimum absolute atomic E-state index is 0.0567. The average molecular weight is 244 g/mol. The molecule has 0 aliphatic carbocycles. The summed E-state index contributed by atoms with van der Waals surface area (Å²) in [5.41, 5.74) is -0.162. The van der Waals surface area contributed by atoms with Crippen LogP contribution in [0.15, 0.2) is 12.7 Å². The fourth-order valence-electron chi connectivity index (χ4n) is 1.08. The smallest absolute Gasteiger partial charge is 0.237 e. The molecule has 0 radical (unpaired) electrons. The number of hydrogen-bond acceptors (Lipinski definition) is 3. The lowest BCUT2D eigenvalue weighted by molar-refractivity contribution is -0.124. The molecule has 16 heavy (non-hydrogen) atoms. The van der Waals surface area contributed by atoms with E-state index in [0.717, 1.165) is 18.1 Å². The molecule has 0 aromatic carbocycles. The van der Waals surface area contributed by atoms with Gasteiger partial charge in [0.15, 0.2) is 0 Å². The van der Waals surface area contributed by atoms with Crippen molar-refractivity contribution in [1.29, 1.82) is 0 Å². The lowest BCUT2D eigenvalue weighted by atomic mass is 10.1. The molecule has 2 N–H and O–H groups in total. The molecule has 94 valence electrons. The zero-order valence-corrected chi connectivity index (χ0v) is 11.6. The highest BCUT2D eigenvalue weighted by Gasteiger charge is 2.18. The standard InChI is InChI=1S/C12H24N2OS/c1-6-8-16-9-7-13-10(2)11(15)14-12(3,4)5/h6,10,13H,1,7-9H2,2-5H3,(H,14,15). The highest BCUT2D eigenvalue weighted by atomic mass is 32.2. The fraction of sp³-hybridized carbons (Fsp3) is 0.750. The van der Waals surface area contributed by atoms with Crippen molar-refractivity contribution in [3.8, 4) is 0 Å². The predicted octanol–water partition coefficient (Wildman–Crippen LogP) is 1.80. The fourth-order valence-corrected chi connectivity index (χ4v) is 1.68. The Kier molecular flexibility index (Phi) is 7.51. The molecule has 0 rings (SSSR count). The maximum Gasteiger partial charge on any atom is 0.237 e. The molecule has 0 aromatic rings. The SMILES string of the molecule is C=CCSCCNC(C)C(=O)NC(C)(C)C. The van der Waals surface area contributed by atoms with Crippen molar-refractivity contribution in [1.82, 2.24) is 10.6 Å². The summed E-state index contributed by atoms with van der Waals surface area (Å²) >= 11 is 1.81. The Labute approximate surface area is 103 Å². The summed E-state index contributed by atoms with van der Waals surface area (Å²) in [5, 5.41) is 6.14. The molecule has 0 heterocycles. The molecule has 1 amide bonds. The van der Waals surface area contributed by atoms with Crippen molar-refractivity contribution in [3.05, 3.63) is 12.7 Å². The summed E-state index contributed by atoms with van der Waals surface area (Å²) in [6, 6.07) is -0.136. The zero-order valence-electron chi connectivity index (χ0n) is 10.8. The first-order chi connectivity index (χ1) is 7.37. The van der Waals surface area contributed by atoms with Crippen LogP contribution in [0.1, 0.15) is 27.7 Å². The minimum atomic E-state index is -0.162. The van der Waals surface area contributed by atoms with E-state index in [1.54, 1.807) is 0 Å². The molecule has 0 saturated heterocycles. The Balaban J connectivity index is 3.67. The highest BCUT2D eigenvalue weighted by molar-refractivity contribution is 7.99. The van der Waals surface area contributed by atoms with Gasteiger partial charge in [0.25, 0.3) is 0 Å². The number of thioether (sulfide) groups is 1. The minimum Gasteiger partial charge on any atom is -0.350 e. The van der Waals surface area contributed by atoms with E-state index in [-0.39, 0.29) is 17.5 Å². The molecular formula is C12H24N2OS. The molecule has 0 aliphatic rings. The van der Waals surface area contributed by atoms with E-state index in [2.05, 4.69) is 17.2 Å². The Morgan fingerprint density at radius 3 is 2.62 bits per heavy atom. The van der Waals surface area contributed by atoms with Crippen molar-refractivity contribution in [2.75, 3.05) is 18.1 Å². The van der Waals surface area contributed by atoms with Crippen LogP contribution in [0.2, 0.25) is 0 Å².